The number of ether oxygens (including phenoxy) is 1. The van der Waals surface area contributed by atoms with Crippen molar-refractivity contribution in [2.75, 3.05) is 13.2 Å². The summed E-state index contributed by atoms with van der Waals surface area (Å²) in [5, 5.41) is 0. The van der Waals surface area contributed by atoms with Gasteiger partial charge in [0.25, 0.3) is 0 Å². The number of hydroxylamine groups is 1. The number of carbonyl (C=O) groups is 1. The molecule has 0 amide bonds. The second-order valence-corrected chi connectivity index (χ2v) is 3.22. The second-order valence-electron chi connectivity index (χ2n) is 3.22. The SMILES string of the molecule is CC.CCOC(=O)CCNOCc1ccccc1. The Balaban J connectivity index is 0.00000137. The predicted molar refractivity (Wildman–Crippen MR) is 71.8 cm³/mol. The van der Waals surface area contributed by atoms with Gasteiger partial charge in [0.15, 0.2) is 0 Å². The minimum Gasteiger partial charge on any atom is -0.466 e. The van der Waals surface area contributed by atoms with Crippen LogP contribution in [0.1, 0.15) is 32.8 Å². The molecule has 0 saturated carbocycles. The van der Waals surface area contributed by atoms with Crippen LogP contribution in [-0.4, -0.2) is 19.1 Å². The maximum absolute atomic E-state index is 11.0. The Morgan fingerprint density at radius 1 is 1.22 bits per heavy atom. The molecule has 0 radical (unpaired) electrons. The molecule has 0 spiro atoms. The van der Waals surface area contributed by atoms with Crippen LogP contribution in [0.2, 0.25) is 0 Å². The highest BCUT2D eigenvalue weighted by Crippen LogP contribution is 1.98. The molecule has 1 aromatic rings. The van der Waals surface area contributed by atoms with Gasteiger partial charge in [-0.25, -0.2) is 5.48 Å². The summed E-state index contributed by atoms with van der Waals surface area (Å²) in [6, 6.07) is 9.83. The van der Waals surface area contributed by atoms with E-state index in [0.717, 1.165) is 5.56 Å². The third kappa shape index (κ3) is 8.73. The zero-order chi connectivity index (χ0) is 13.6. The van der Waals surface area contributed by atoms with Crippen LogP contribution in [0.3, 0.4) is 0 Å². The number of hydrogen-bond acceptors (Lipinski definition) is 4. The van der Waals surface area contributed by atoms with Gasteiger partial charge in [0.1, 0.15) is 0 Å². The molecule has 0 atom stereocenters. The van der Waals surface area contributed by atoms with Crippen LogP contribution >= 0.6 is 0 Å². The fourth-order valence-electron chi connectivity index (χ4n) is 1.17. The molecular weight excluding hydrogens is 230 g/mol. The number of rotatable bonds is 7. The highest BCUT2D eigenvalue weighted by molar-refractivity contribution is 5.69. The van der Waals surface area contributed by atoms with Gasteiger partial charge in [-0.3, -0.25) is 9.63 Å². The van der Waals surface area contributed by atoms with Crippen LogP contribution in [0, 0.1) is 0 Å². The molecule has 0 heterocycles. The van der Waals surface area contributed by atoms with Gasteiger partial charge in [-0.15, -0.1) is 0 Å². The molecule has 0 aromatic heterocycles. The largest absolute Gasteiger partial charge is 0.466 e. The van der Waals surface area contributed by atoms with Crippen LogP contribution in [-0.2, 0) is 21.0 Å². The minimum atomic E-state index is -0.210. The second kappa shape index (κ2) is 12.1. The molecule has 0 fully saturated rings. The molecule has 0 unspecified atom stereocenters. The molecule has 0 aliphatic heterocycles. The van der Waals surface area contributed by atoms with E-state index >= 15 is 0 Å². The Labute approximate surface area is 109 Å². The molecule has 1 N–H and O–H groups in total. The fourth-order valence-corrected chi connectivity index (χ4v) is 1.17. The predicted octanol–water partition coefficient (Wildman–Crippen LogP) is 2.69. The Kier molecular flexibility index (Phi) is 11.1. The molecule has 0 aliphatic carbocycles. The summed E-state index contributed by atoms with van der Waals surface area (Å²) in [6.07, 6.45) is 0.322. The first-order chi connectivity index (χ1) is 8.83. The van der Waals surface area contributed by atoms with Gasteiger partial charge in [-0.05, 0) is 12.5 Å². The summed E-state index contributed by atoms with van der Waals surface area (Å²) in [5.41, 5.74) is 3.81. The van der Waals surface area contributed by atoms with Crippen molar-refractivity contribution >= 4 is 5.97 Å². The summed E-state index contributed by atoms with van der Waals surface area (Å²) in [5.74, 6) is -0.210. The van der Waals surface area contributed by atoms with E-state index in [0.29, 0.717) is 26.2 Å². The lowest BCUT2D eigenvalue weighted by Crippen LogP contribution is -2.19. The molecule has 1 aromatic carbocycles. The normalized spacial score (nSPS) is 9.28. The van der Waals surface area contributed by atoms with E-state index in [4.69, 9.17) is 9.57 Å². The van der Waals surface area contributed by atoms with E-state index in [1.165, 1.54) is 0 Å². The number of carbonyl (C=O) groups excluding carboxylic acids is 1. The van der Waals surface area contributed by atoms with Crippen molar-refractivity contribution in [1.82, 2.24) is 5.48 Å². The zero-order valence-electron chi connectivity index (χ0n) is 11.4. The van der Waals surface area contributed by atoms with Crippen molar-refractivity contribution in [3.63, 3.8) is 0 Å². The topological polar surface area (TPSA) is 47.6 Å². The number of nitrogens with one attached hydrogen (secondary N) is 1. The molecule has 102 valence electrons. The van der Waals surface area contributed by atoms with E-state index in [-0.39, 0.29) is 5.97 Å². The van der Waals surface area contributed by atoms with Crippen LogP contribution < -0.4 is 5.48 Å². The highest BCUT2D eigenvalue weighted by atomic mass is 16.6. The Hall–Kier alpha value is -1.39. The van der Waals surface area contributed by atoms with Crippen molar-refractivity contribution in [3.8, 4) is 0 Å². The highest BCUT2D eigenvalue weighted by Gasteiger charge is 2.00. The molecule has 0 saturated heterocycles. The summed E-state index contributed by atoms with van der Waals surface area (Å²) in [4.78, 5) is 16.1. The van der Waals surface area contributed by atoms with E-state index in [1.54, 1.807) is 6.92 Å². The molecule has 4 nitrogen and oxygen atoms in total. The molecule has 1 rings (SSSR count). The average Bonchev–Trinajstić information content (AvgIpc) is 2.42. The maximum atomic E-state index is 11.0. The Bertz CT molecular complexity index is 301. The van der Waals surface area contributed by atoms with E-state index < -0.39 is 0 Å². The monoisotopic (exact) mass is 253 g/mol. The Morgan fingerprint density at radius 2 is 1.89 bits per heavy atom. The van der Waals surface area contributed by atoms with Gasteiger partial charge in [-0.2, -0.15) is 0 Å². The van der Waals surface area contributed by atoms with Crippen LogP contribution in [0.4, 0.5) is 0 Å². The third-order valence-corrected chi connectivity index (χ3v) is 1.92. The number of esters is 1. The molecule has 0 aliphatic rings. The van der Waals surface area contributed by atoms with Crippen molar-refractivity contribution in [3.05, 3.63) is 35.9 Å². The lowest BCUT2D eigenvalue weighted by molar-refractivity contribution is -0.143. The number of hydrogen-bond donors (Lipinski definition) is 1. The molecule has 0 bridgehead atoms. The number of benzene rings is 1. The van der Waals surface area contributed by atoms with Crippen molar-refractivity contribution in [2.45, 2.75) is 33.8 Å². The lowest BCUT2D eigenvalue weighted by atomic mass is 10.2. The van der Waals surface area contributed by atoms with Gasteiger partial charge in [-0.1, -0.05) is 44.2 Å². The van der Waals surface area contributed by atoms with Crippen LogP contribution in [0.15, 0.2) is 30.3 Å². The summed E-state index contributed by atoms with van der Waals surface area (Å²) < 4.78 is 4.77. The van der Waals surface area contributed by atoms with E-state index in [9.17, 15) is 4.79 Å². The maximum Gasteiger partial charge on any atom is 0.307 e. The summed E-state index contributed by atoms with van der Waals surface area (Å²) >= 11 is 0. The first-order valence-electron chi connectivity index (χ1n) is 6.37. The zero-order valence-corrected chi connectivity index (χ0v) is 11.4. The van der Waals surface area contributed by atoms with Crippen molar-refractivity contribution in [2.24, 2.45) is 0 Å². The molecule has 18 heavy (non-hydrogen) atoms. The molecular formula is C14H23NO3. The van der Waals surface area contributed by atoms with Crippen LogP contribution in [0.25, 0.3) is 0 Å². The minimum absolute atomic E-state index is 0.210. The van der Waals surface area contributed by atoms with Crippen molar-refractivity contribution < 1.29 is 14.4 Å². The first kappa shape index (κ1) is 16.6. The first-order valence-corrected chi connectivity index (χ1v) is 6.37. The fraction of sp³-hybridized carbons (Fsp3) is 0.500. The smallest absolute Gasteiger partial charge is 0.307 e. The van der Waals surface area contributed by atoms with Crippen molar-refractivity contribution in [1.29, 1.82) is 0 Å². The lowest BCUT2D eigenvalue weighted by Gasteiger charge is -2.05. The van der Waals surface area contributed by atoms with Gasteiger partial charge in [0, 0.05) is 6.54 Å². The average molecular weight is 253 g/mol. The van der Waals surface area contributed by atoms with Crippen LogP contribution in [0.5, 0.6) is 0 Å². The van der Waals surface area contributed by atoms with E-state index in [2.05, 4.69) is 5.48 Å². The van der Waals surface area contributed by atoms with Gasteiger partial charge in [0.05, 0.1) is 19.6 Å². The Morgan fingerprint density at radius 3 is 2.50 bits per heavy atom. The summed E-state index contributed by atoms with van der Waals surface area (Å²) in [7, 11) is 0. The quantitative estimate of drug-likeness (QED) is 0.461. The summed E-state index contributed by atoms with van der Waals surface area (Å²) in [6.45, 7) is 7.16. The van der Waals surface area contributed by atoms with Gasteiger partial charge >= 0.3 is 5.97 Å². The van der Waals surface area contributed by atoms with Gasteiger partial charge in [0.2, 0.25) is 0 Å². The molecule has 4 heteroatoms. The van der Waals surface area contributed by atoms with Gasteiger partial charge < -0.3 is 4.74 Å². The third-order valence-electron chi connectivity index (χ3n) is 1.92. The standard InChI is InChI=1S/C12H17NO3.C2H6/c1-2-15-12(14)8-9-13-16-10-11-6-4-3-5-7-11;1-2/h3-7,13H,2,8-10H2,1H3;1-2H3. The van der Waals surface area contributed by atoms with E-state index in [1.807, 2.05) is 44.2 Å².